The van der Waals surface area contributed by atoms with Gasteiger partial charge >= 0.3 is 0 Å². The summed E-state index contributed by atoms with van der Waals surface area (Å²) in [5.74, 6) is 1.57. The molecule has 0 spiro atoms. The van der Waals surface area contributed by atoms with Crippen LogP contribution < -0.4 is 20.5 Å². The van der Waals surface area contributed by atoms with Crippen LogP contribution in [0.5, 0.6) is 11.6 Å². The van der Waals surface area contributed by atoms with Crippen molar-refractivity contribution in [2.75, 3.05) is 19.0 Å². The van der Waals surface area contributed by atoms with Gasteiger partial charge in [-0.05, 0) is 37.7 Å². The first kappa shape index (κ1) is 15.9. The second-order valence-corrected chi connectivity index (χ2v) is 6.79. The van der Waals surface area contributed by atoms with Crippen LogP contribution in [0.25, 0.3) is 11.0 Å². The van der Waals surface area contributed by atoms with Gasteiger partial charge in [0, 0.05) is 12.0 Å². The molecule has 2 aromatic heterocycles. The van der Waals surface area contributed by atoms with E-state index in [-0.39, 0.29) is 17.9 Å². The summed E-state index contributed by atoms with van der Waals surface area (Å²) in [6, 6.07) is 3.89. The minimum atomic E-state index is -0.176. The number of nitrogens with one attached hydrogen (secondary N) is 1. The van der Waals surface area contributed by atoms with Crippen molar-refractivity contribution >= 4 is 22.6 Å². The molecule has 1 atom stereocenters. The van der Waals surface area contributed by atoms with Crippen molar-refractivity contribution < 1.29 is 14.3 Å². The Bertz CT molecular complexity index is 797. The molecule has 0 saturated heterocycles. The zero-order chi connectivity index (χ0) is 17.4. The van der Waals surface area contributed by atoms with Gasteiger partial charge in [0.2, 0.25) is 11.8 Å². The molecule has 1 aliphatic carbocycles. The van der Waals surface area contributed by atoms with Gasteiger partial charge in [0.25, 0.3) is 0 Å². The second kappa shape index (κ2) is 6.38. The van der Waals surface area contributed by atoms with Gasteiger partial charge in [-0.15, -0.1) is 0 Å². The number of nitrogens with zero attached hydrogens (tertiary/aromatic N) is 2. The van der Waals surface area contributed by atoms with E-state index in [0.29, 0.717) is 18.4 Å². The number of methoxy groups -OCH3 is 1. The molecule has 7 nitrogen and oxygen atoms in total. The van der Waals surface area contributed by atoms with Crippen molar-refractivity contribution in [3.63, 3.8) is 0 Å². The van der Waals surface area contributed by atoms with E-state index >= 15 is 0 Å². The number of carbonyl (C=O) groups excluding carboxylic acids is 1. The van der Waals surface area contributed by atoms with Gasteiger partial charge in [-0.1, -0.05) is 0 Å². The van der Waals surface area contributed by atoms with E-state index in [1.54, 1.807) is 19.4 Å². The molecule has 2 aliphatic rings. The number of ether oxygens (including phenoxy) is 2. The van der Waals surface area contributed by atoms with Crippen molar-refractivity contribution in [3.8, 4) is 11.6 Å². The maximum atomic E-state index is 11.4. The molecule has 2 aromatic rings. The third kappa shape index (κ3) is 2.94. The summed E-state index contributed by atoms with van der Waals surface area (Å²) in [6.07, 6.45) is 5.40. The second-order valence-electron chi connectivity index (χ2n) is 6.79. The number of aromatic nitrogens is 2. The summed E-state index contributed by atoms with van der Waals surface area (Å²) in [4.78, 5) is 20.3. The van der Waals surface area contributed by atoms with Crippen molar-refractivity contribution in [1.82, 2.24) is 9.97 Å². The van der Waals surface area contributed by atoms with Crippen LogP contribution in [-0.4, -0.2) is 35.6 Å². The lowest BCUT2D eigenvalue weighted by molar-refractivity contribution is -0.123. The fourth-order valence-electron chi connectivity index (χ4n) is 3.86. The van der Waals surface area contributed by atoms with Crippen LogP contribution >= 0.6 is 0 Å². The molecular weight excluding hydrogens is 320 g/mol. The summed E-state index contributed by atoms with van der Waals surface area (Å²) < 4.78 is 11.2. The number of hydrogen-bond donors (Lipinski definition) is 2. The van der Waals surface area contributed by atoms with Crippen LogP contribution in [0.2, 0.25) is 0 Å². The van der Waals surface area contributed by atoms with Crippen LogP contribution in [0.3, 0.4) is 0 Å². The minimum absolute atomic E-state index is 0.0176. The van der Waals surface area contributed by atoms with Crippen molar-refractivity contribution in [3.05, 3.63) is 18.3 Å². The molecule has 25 heavy (non-hydrogen) atoms. The molecule has 1 aliphatic heterocycles. The predicted molar refractivity (Wildman–Crippen MR) is 93.6 cm³/mol. The number of primary amides is 1. The van der Waals surface area contributed by atoms with Gasteiger partial charge in [0.05, 0.1) is 24.9 Å². The Hall–Kier alpha value is -2.57. The van der Waals surface area contributed by atoms with Crippen molar-refractivity contribution in [2.45, 2.75) is 31.7 Å². The molecular formula is C18H22N4O3. The highest BCUT2D eigenvalue weighted by Gasteiger charge is 2.33. The lowest BCUT2D eigenvalue weighted by Gasteiger charge is -2.36. The van der Waals surface area contributed by atoms with E-state index in [1.807, 2.05) is 6.07 Å². The SMILES string of the molecule is COc1ccc2ncc3c(c2n1)NC([C@H]1CC[C@H](C(N)=O)CC1)CO3. The molecule has 7 heteroatoms. The van der Waals surface area contributed by atoms with Crippen LogP contribution in [0.4, 0.5) is 5.69 Å². The van der Waals surface area contributed by atoms with Crippen LogP contribution in [0, 0.1) is 11.8 Å². The van der Waals surface area contributed by atoms with E-state index in [4.69, 9.17) is 15.2 Å². The first-order valence-corrected chi connectivity index (χ1v) is 8.68. The fourth-order valence-corrected chi connectivity index (χ4v) is 3.86. The number of fused-ring (bicyclic) bond motifs is 3. The molecule has 0 radical (unpaired) electrons. The normalized spacial score (nSPS) is 25.6. The molecule has 1 unspecified atom stereocenters. The number of carbonyl (C=O) groups is 1. The molecule has 3 N–H and O–H groups in total. The fraction of sp³-hybridized carbons (Fsp3) is 0.500. The summed E-state index contributed by atoms with van der Waals surface area (Å²) in [6.45, 7) is 0.593. The Morgan fingerprint density at radius 3 is 2.84 bits per heavy atom. The Kier molecular flexibility index (Phi) is 4.07. The number of amides is 1. The maximum absolute atomic E-state index is 11.4. The third-order valence-electron chi connectivity index (χ3n) is 5.35. The van der Waals surface area contributed by atoms with Gasteiger partial charge < -0.3 is 20.5 Å². The molecule has 0 bridgehead atoms. The maximum Gasteiger partial charge on any atom is 0.220 e. The molecule has 3 heterocycles. The lowest BCUT2D eigenvalue weighted by Crippen LogP contribution is -2.41. The molecule has 1 fully saturated rings. The largest absolute Gasteiger partial charge is 0.488 e. The average Bonchev–Trinajstić information content (AvgIpc) is 2.67. The number of nitrogens with two attached hydrogens (primary N) is 1. The standard InChI is InChI=1S/C18H22N4O3/c1-24-15-7-6-12-16(22-15)17-14(8-20-12)25-9-13(21-17)10-2-4-11(5-3-10)18(19)23/h6-8,10-11,13,21H,2-5,9H2,1H3,(H2,19,23)/t10-,11-,13?. The Balaban J connectivity index is 1.58. The summed E-state index contributed by atoms with van der Waals surface area (Å²) >= 11 is 0. The van der Waals surface area contributed by atoms with E-state index in [9.17, 15) is 4.79 Å². The van der Waals surface area contributed by atoms with Crippen molar-refractivity contribution in [1.29, 1.82) is 0 Å². The molecule has 1 amide bonds. The Morgan fingerprint density at radius 2 is 2.12 bits per heavy atom. The highest BCUT2D eigenvalue weighted by molar-refractivity contribution is 5.91. The molecule has 1 saturated carbocycles. The lowest BCUT2D eigenvalue weighted by atomic mass is 9.78. The minimum Gasteiger partial charge on any atom is -0.488 e. The summed E-state index contributed by atoms with van der Waals surface area (Å²) in [5, 5.41) is 3.61. The molecule has 0 aromatic carbocycles. The topological polar surface area (TPSA) is 99.4 Å². The van der Waals surface area contributed by atoms with Crippen LogP contribution in [0.1, 0.15) is 25.7 Å². The number of rotatable bonds is 3. The predicted octanol–water partition coefficient (Wildman–Crippen LogP) is 2.10. The zero-order valence-corrected chi connectivity index (χ0v) is 14.2. The van der Waals surface area contributed by atoms with Crippen LogP contribution in [0.15, 0.2) is 18.3 Å². The van der Waals surface area contributed by atoms with E-state index < -0.39 is 0 Å². The van der Waals surface area contributed by atoms with Crippen molar-refractivity contribution in [2.24, 2.45) is 17.6 Å². The van der Waals surface area contributed by atoms with Gasteiger partial charge in [0.15, 0.2) is 5.75 Å². The quantitative estimate of drug-likeness (QED) is 0.886. The van der Waals surface area contributed by atoms with E-state index in [2.05, 4.69) is 15.3 Å². The van der Waals surface area contributed by atoms with E-state index in [1.165, 1.54) is 0 Å². The summed E-state index contributed by atoms with van der Waals surface area (Å²) in [5.41, 5.74) is 7.87. The first-order chi connectivity index (χ1) is 12.2. The molecule has 132 valence electrons. The van der Waals surface area contributed by atoms with Crippen LogP contribution in [-0.2, 0) is 4.79 Å². The first-order valence-electron chi connectivity index (χ1n) is 8.68. The highest BCUT2D eigenvalue weighted by atomic mass is 16.5. The number of anilines is 1. The van der Waals surface area contributed by atoms with Gasteiger partial charge in [-0.2, -0.15) is 0 Å². The number of pyridine rings is 2. The monoisotopic (exact) mass is 342 g/mol. The smallest absolute Gasteiger partial charge is 0.220 e. The average molecular weight is 342 g/mol. The Morgan fingerprint density at radius 1 is 1.32 bits per heavy atom. The highest BCUT2D eigenvalue weighted by Crippen LogP contribution is 2.39. The van der Waals surface area contributed by atoms with E-state index in [0.717, 1.165) is 48.2 Å². The summed E-state index contributed by atoms with van der Waals surface area (Å²) in [7, 11) is 1.60. The van der Waals surface area contributed by atoms with Gasteiger partial charge in [-0.3, -0.25) is 9.78 Å². The molecule has 4 rings (SSSR count). The Labute approximate surface area is 145 Å². The third-order valence-corrected chi connectivity index (χ3v) is 5.35. The number of hydrogen-bond acceptors (Lipinski definition) is 6. The zero-order valence-electron chi connectivity index (χ0n) is 14.2. The van der Waals surface area contributed by atoms with Gasteiger partial charge in [0.1, 0.15) is 17.8 Å². The van der Waals surface area contributed by atoms with Gasteiger partial charge in [-0.25, -0.2) is 4.98 Å².